The van der Waals surface area contributed by atoms with Crippen molar-refractivity contribution >= 4 is 97.0 Å². The van der Waals surface area contributed by atoms with E-state index in [0.717, 1.165) is 5.92 Å². The van der Waals surface area contributed by atoms with Crippen molar-refractivity contribution in [3.63, 3.8) is 0 Å². The van der Waals surface area contributed by atoms with Crippen LogP contribution in [0.4, 0.5) is 0 Å². The van der Waals surface area contributed by atoms with E-state index in [9.17, 15) is 0 Å². The van der Waals surface area contributed by atoms with Gasteiger partial charge in [-0.05, 0) is 186 Å². The van der Waals surface area contributed by atoms with Crippen LogP contribution in [0.1, 0.15) is 94.9 Å². The summed E-state index contributed by atoms with van der Waals surface area (Å²) in [5, 5.41) is 29.5. The summed E-state index contributed by atoms with van der Waals surface area (Å²) < 4.78 is 0. The topological polar surface area (TPSA) is 0 Å². The fourth-order valence-corrected chi connectivity index (χ4v) is 17.7. The Morgan fingerprint density at radius 1 is 0.469 bits per heavy atom. The lowest BCUT2D eigenvalue weighted by molar-refractivity contribution is 0.224. The Morgan fingerprint density at radius 2 is 1.08 bits per heavy atom. The molecule has 2 spiro atoms. The maximum absolute atomic E-state index is 2.80. The number of benzene rings is 8. The number of aryl methyl sites for hydroxylation is 1. The van der Waals surface area contributed by atoms with Crippen molar-refractivity contribution in [1.82, 2.24) is 0 Å². The number of hydrogen-bond acceptors (Lipinski definition) is 0. The Kier molecular flexibility index (Phi) is 2.54. The summed E-state index contributed by atoms with van der Waals surface area (Å²) in [6.45, 7) is 5.08. The molecule has 18 rings (SSSR count). The van der Waals surface area contributed by atoms with Crippen LogP contribution in [0.2, 0.25) is 0 Å². The molecule has 11 aromatic rings. The molecule has 0 aliphatic heterocycles. The molecule has 0 saturated heterocycles. The first-order chi connectivity index (χ1) is 24.2. The van der Waals surface area contributed by atoms with Crippen molar-refractivity contribution in [2.45, 2.75) is 73.5 Å². The molecule has 0 heteroatoms. The summed E-state index contributed by atoms with van der Waals surface area (Å²) in [5.41, 5.74) is 14.3. The van der Waals surface area contributed by atoms with E-state index in [2.05, 4.69) is 74.5 Å². The molecule has 0 nitrogen and oxygen atoms in total. The van der Waals surface area contributed by atoms with E-state index in [1.807, 2.05) is 22.3 Å². The zero-order valence-corrected chi connectivity index (χ0v) is 27.4. The highest BCUT2D eigenvalue weighted by Gasteiger charge is 2.95. The molecular weight excluding hydrogens is 589 g/mol. The molecule has 0 amide bonds. The van der Waals surface area contributed by atoms with E-state index < -0.39 is 0 Å². The van der Waals surface area contributed by atoms with Crippen LogP contribution in [0.5, 0.6) is 0 Å². The van der Waals surface area contributed by atoms with E-state index in [0.29, 0.717) is 17.8 Å². The molecule has 7 unspecified atom stereocenters. The van der Waals surface area contributed by atoms with Crippen molar-refractivity contribution in [1.29, 1.82) is 0 Å². The molecule has 0 radical (unpaired) electrons. The summed E-state index contributed by atoms with van der Waals surface area (Å²) in [7, 11) is 0. The first-order valence-corrected chi connectivity index (χ1v) is 19.3. The number of rotatable bonds is 1. The van der Waals surface area contributed by atoms with E-state index in [1.165, 1.54) is 52.8 Å². The van der Waals surface area contributed by atoms with E-state index in [1.54, 1.807) is 92.1 Å². The largest absolute Gasteiger partial charge is 0.0590 e. The van der Waals surface area contributed by atoms with E-state index in [-0.39, 0.29) is 16.2 Å². The third-order valence-corrected chi connectivity index (χ3v) is 18.2. The van der Waals surface area contributed by atoms with Gasteiger partial charge in [0, 0.05) is 22.2 Å². The van der Waals surface area contributed by atoms with Crippen LogP contribution in [0.25, 0.3) is 97.0 Å². The lowest BCUT2D eigenvalue weighted by atomic mass is 9.61. The summed E-state index contributed by atoms with van der Waals surface area (Å²) in [6, 6.07) is 25.5. The van der Waals surface area contributed by atoms with Crippen molar-refractivity contribution in [3.05, 3.63) is 105 Å². The second-order valence-electron chi connectivity index (χ2n) is 18.5. The van der Waals surface area contributed by atoms with E-state index in [4.69, 9.17) is 0 Å². The Hall–Kier alpha value is -4.68. The average Bonchev–Trinajstić information content (AvgIpc) is 3.79. The van der Waals surface area contributed by atoms with Gasteiger partial charge in [0.2, 0.25) is 0 Å². The first kappa shape index (κ1) is 22.1. The molecule has 0 aromatic heterocycles. The van der Waals surface area contributed by atoms with Crippen LogP contribution >= 0.6 is 0 Å². The first-order valence-electron chi connectivity index (χ1n) is 19.3. The second kappa shape index (κ2) is 5.64. The predicted molar refractivity (Wildman–Crippen MR) is 202 cm³/mol. The summed E-state index contributed by atoms with van der Waals surface area (Å²) in [5.74, 6) is 2.63. The monoisotopic (exact) mass is 616 g/mol. The minimum Gasteiger partial charge on any atom is -0.0590 e. The average molecular weight is 617 g/mol. The summed E-state index contributed by atoms with van der Waals surface area (Å²) in [4.78, 5) is 0. The van der Waals surface area contributed by atoms with Crippen LogP contribution in [-0.4, -0.2) is 0 Å². The van der Waals surface area contributed by atoms with Gasteiger partial charge >= 0.3 is 0 Å². The highest BCUT2D eigenvalue weighted by molar-refractivity contribution is 6.61. The van der Waals surface area contributed by atoms with Crippen molar-refractivity contribution < 1.29 is 0 Å². The van der Waals surface area contributed by atoms with Gasteiger partial charge in [-0.3, -0.25) is 0 Å². The fraction of sp³-hybridized carbons (Fsp3) is 0.265. The molecule has 0 heterocycles. The molecule has 2 fully saturated rings. The molecule has 2 saturated carbocycles. The minimum atomic E-state index is 0.0918. The Bertz CT molecular complexity index is 3540. The zero-order chi connectivity index (χ0) is 30.7. The third kappa shape index (κ3) is 1.46. The highest BCUT2D eigenvalue weighted by Crippen LogP contribution is 2.96. The van der Waals surface area contributed by atoms with Gasteiger partial charge in [-0.2, -0.15) is 0 Å². The van der Waals surface area contributed by atoms with Gasteiger partial charge in [0.25, 0.3) is 0 Å². The molecule has 224 valence electrons. The summed E-state index contributed by atoms with van der Waals surface area (Å²) in [6.07, 6.45) is 5.44. The van der Waals surface area contributed by atoms with Crippen molar-refractivity contribution in [2.24, 2.45) is 5.92 Å². The number of fused-ring (bicyclic) bond motifs is 5. The molecular formula is C49H28. The smallest absolute Gasteiger partial charge is 0.0246 e. The second-order valence-corrected chi connectivity index (χ2v) is 18.5. The Balaban J connectivity index is 1.28. The quantitative estimate of drug-likeness (QED) is 0.161. The van der Waals surface area contributed by atoms with Gasteiger partial charge in [0.1, 0.15) is 0 Å². The molecule has 11 aromatic carbocycles. The SMILES string of the molecule is Cc1ccc(C2(C)C34c5c6c7ccc8c9ccc%10c%11ccc%12c%13c%14c%15c%16c(c%17c5c5c(c68)c9c%10c(c%11%13)c5c%14%17)C23C(CCC74)C%16CCC%12%15)cc1. The molecule has 49 heavy (non-hydrogen) atoms. The van der Waals surface area contributed by atoms with Gasteiger partial charge in [0.05, 0.1) is 0 Å². The van der Waals surface area contributed by atoms with Gasteiger partial charge in [-0.1, -0.05) is 73.2 Å². The fourth-order valence-electron chi connectivity index (χ4n) is 17.7. The maximum Gasteiger partial charge on any atom is 0.0246 e. The van der Waals surface area contributed by atoms with Crippen LogP contribution in [0.15, 0.2) is 60.7 Å². The van der Waals surface area contributed by atoms with Crippen LogP contribution in [0.3, 0.4) is 0 Å². The molecule has 0 bridgehead atoms. The highest BCUT2D eigenvalue weighted by atomic mass is 15.0. The molecule has 0 N–H and O–H groups in total. The van der Waals surface area contributed by atoms with Crippen LogP contribution < -0.4 is 0 Å². The van der Waals surface area contributed by atoms with Gasteiger partial charge in [-0.25, -0.2) is 0 Å². The number of hydrogen-bond donors (Lipinski definition) is 0. The normalized spacial score (nSPS) is 33.8. The third-order valence-electron chi connectivity index (χ3n) is 18.2. The maximum atomic E-state index is 2.80. The Morgan fingerprint density at radius 3 is 1.86 bits per heavy atom. The van der Waals surface area contributed by atoms with Gasteiger partial charge in [-0.15, -0.1) is 0 Å². The molecule has 7 atom stereocenters. The van der Waals surface area contributed by atoms with E-state index >= 15 is 0 Å². The van der Waals surface area contributed by atoms with Crippen LogP contribution in [-0.2, 0) is 16.2 Å². The minimum absolute atomic E-state index is 0.0918. The molecule has 7 aliphatic rings. The van der Waals surface area contributed by atoms with Crippen molar-refractivity contribution in [3.8, 4) is 0 Å². The Labute approximate surface area is 280 Å². The van der Waals surface area contributed by atoms with Gasteiger partial charge in [0.15, 0.2) is 0 Å². The summed E-state index contributed by atoms with van der Waals surface area (Å²) >= 11 is 0. The zero-order valence-electron chi connectivity index (χ0n) is 27.4. The lowest BCUT2D eigenvalue weighted by Crippen LogP contribution is -2.36. The van der Waals surface area contributed by atoms with Crippen LogP contribution in [0, 0.1) is 12.8 Å². The standard InChI is InChI=1S/C49H28/c1-17-3-5-18(6-4-17)47(2)48-27-15-16-28-26-14-12-24-22-10-8-20-19-7-9-21-23-11-13-25(27)35-33(23)38-31(21)29(19)37-30(20)32(22)39-34(24)36(26)46(49(28,47)48)44-42(39)40(37)41(38)43(44)45(35)48/h3-11,13,24,26-28H,12,14-16H2,1-2H3. The molecule has 7 aliphatic carbocycles. The van der Waals surface area contributed by atoms with Gasteiger partial charge < -0.3 is 0 Å². The lowest BCUT2D eigenvalue weighted by Gasteiger charge is -2.40. The predicted octanol–water partition coefficient (Wildman–Crippen LogP) is 12.3. The van der Waals surface area contributed by atoms with Crippen molar-refractivity contribution in [2.75, 3.05) is 0 Å².